The summed E-state index contributed by atoms with van der Waals surface area (Å²) in [6.07, 6.45) is 0.694. The third-order valence-electron chi connectivity index (χ3n) is 3.08. The number of carbonyl (C=O) groups is 2. The molecule has 2 radical (unpaired) electrons. The van der Waals surface area contributed by atoms with E-state index in [0.717, 1.165) is 0 Å². The summed E-state index contributed by atoms with van der Waals surface area (Å²) in [7, 11) is 6.69. The summed E-state index contributed by atoms with van der Waals surface area (Å²) in [6.45, 7) is 8.76. The molecule has 0 spiro atoms. The maximum absolute atomic E-state index is 12.1. The Kier molecular flexibility index (Phi) is 7.40. The van der Waals surface area contributed by atoms with Crippen molar-refractivity contribution in [3.63, 3.8) is 0 Å². The predicted octanol–water partition coefficient (Wildman–Crippen LogP) is 0.677. The molecule has 0 aromatic carbocycles. The number of esters is 2. The van der Waals surface area contributed by atoms with Gasteiger partial charge in [-0.25, -0.2) is 0 Å². The molecule has 3 N–H and O–H groups in total. The Morgan fingerprint density at radius 1 is 1.29 bits per heavy atom. The Morgan fingerprint density at radius 3 is 2.19 bits per heavy atom. The fourth-order valence-corrected chi connectivity index (χ4v) is 2.40. The summed E-state index contributed by atoms with van der Waals surface area (Å²) in [5.41, 5.74) is 4.08. The Bertz CT molecular complexity index is 370. The second-order valence-corrected chi connectivity index (χ2v) is 6.67. The lowest BCUT2D eigenvalue weighted by molar-refractivity contribution is -0.167. The van der Waals surface area contributed by atoms with Crippen molar-refractivity contribution in [3.05, 3.63) is 0 Å². The number of hydrogen-bond donors (Lipinski definition) is 2. The number of nitrogens with two attached hydrogens (primary N) is 1. The molecule has 21 heavy (non-hydrogen) atoms. The van der Waals surface area contributed by atoms with E-state index in [9.17, 15) is 9.59 Å². The first-order valence-corrected chi connectivity index (χ1v) is 6.98. The van der Waals surface area contributed by atoms with E-state index in [0.29, 0.717) is 12.8 Å². The van der Waals surface area contributed by atoms with E-state index in [2.05, 4.69) is 5.23 Å². The minimum Gasteiger partial charge on any atom is -0.469 e. The van der Waals surface area contributed by atoms with Gasteiger partial charge in [-0.3, -0.25) is 9.59 Å². The average molecular weight is 298 g/mol. The second-order valence-electron chi connectivity index (χ2n) is 6.67. The van der Waals surface area contributed by atoms with Gasteiger partial charge in [0.15, 0.2) is 7.98 Å². The van der Waals surface area contributed by atoms with Crippen LogP contribution in [-0.4, -0.2) is 44.7 Å². The highest BCUT2D eigenvalue weighted by Gasteiger charge is 2.38. The highest BCUT2D eigenvalue weighted by Crippen LogP contribution is 2.31. The molecular weight excluding hydrogens is 271 g/mol. The van der Waals surface area contributed by atoms with Crippen molar-refractivity contribution < 1.29 is 19.1 Å². The number of methoxy groups -OCH3 is 1. The maximum Gasteiger partial charge on any atom is 0.322 e. The first-order valence-electron chi connectivity index (χ1n) is 6.98. The molecule has 0 aliphatic heterocycles. The summed E-state index contributed by atoms with van der Waals surface area (Å²) < 4.78 is 10.2. The number of nitrogens with one attached hydrogen (secondary N) is 1. The number of hydrogen-bond acceptors (Lipinski definition) is 6. The lowest BCUT2D eigenvalue weighted by Gasteiger charge is -2.34. The zero-order chi connectivity index (χ0) is 16.8. The van der Waals surface area contributed by atoms with Crippen LogP contribution >= 0.6 is 0 Å². The molecule has 0 saturated heterocycles. The van der Waals surface area contributed by atoms with Crippen molar-refractivity contribution in [1.82, 2.24) is 5.23 Å². The second kappa shape index (κ2) is 7.80. The third kappa shape index (κ3) is 6.95. The van der Waals surface area contributed by atoms with Gasteiger partial charge in [-0.05, 0) is 41.0 Å². The van der Waals surface area contributed by atoms with Gasteiger partial charge in [0.25, 0.3) is 0 Å². The van der Waals surface area contributed by atoms with E-state index in [-0.39, 0.29) is 12.0 Å². The molecule has 0 aromatic heterocycles. The number of rotatable bonds is 8. The van der Waals surface area contributed by atoms with Gasteiger partial charge in [0, 0.05) is 12.5 Å². The van der Waals surface area contributed by atoms with Crippen LogP contribution in [0.25, 0.3) is 0 Å². The summed E-state index contributed by atoms with van der Waals surface area (Å²) in [5.74, 6) is -0.837. The maximum atomic E-state index is 12.1. The van der Waals surface area contributed by atoms with Gasteiger partial charge >= 0.3 is 11.9 Å². The van der Waals surface area contributed by atoms with E-state index < -0.39 is 23.0 Å². The molecular formula is C14H27BN2O4. The summed E-state index contributed by atoms with van der Waals surface area (Å²) in [5, 5.41) is 2.41. The Morgan fingerprint density at radius 2 is 1.81 bits per heavy atom. The molecule has 0 rings (SSSR count). The van der Waals surface area contributed by atoms with Crippen LogP contribution in [-0.2, 0) is 19.1 Å². The molecule has 0 saturated carbocycles. The molecule has 0 aliphatic rings. The van der Waals surface area contributed by atoms with Crippen LogP contribution in [0.4, 0.5) is 0 Å². The monoisotopic (exact) mass is 298 g/mol. The van der Waals surface area contributed by atoms with Gasteiger partial charge in [0.1, 0.15) is 5.60 Å². The zero-order valence-electron chi connectivity index (χ0n) is 13.9. The van der Waals surface area contributed by atoms with Crippen LogP contribution in [0, 0.1) is 5.41 Å². The molecule has 6 nitrogen and oxygen atoms in total. The van der Waals surface area contributed by atoms with Gasteiger partial charge in [0.05, 0.1) is 18.6 Å². The summed E-state index contributed by atoms with van der Waals surface area (Å²) in [4.78, 5) is 23.8. The van der Waals surface area contributed by atoms with Gasteiger partial charge in [-0.15, -0.1) is 0 Å². The molecule has 0 amide bonds. The zero-order valence-corrected chi connectivity index (χ0v) is 13.9. The van der Waals surface area contributed by atoms with Crippen LogP contribution in [0.15, 0.2) is 0 Å². The lowest BCUT2D eigenvalue weighted by atomic mass is 9.81. The van der Waals surface area contributed by atoms with Gasteiger partial charge in [-0.2, -0.15) is 0 Å². The smallest absolute Gasteiger partial charge is 0.322 e. The SMILES string of the molecule is [B]NC(CC(C)N)C(=O)OC(C)(C)CC(C)(C)C(=O)OC. The summed E-state index contributed by atoms with van der Waals surface area (Å²) in [6, 6.07) is -0.862. The van der Waals surface area contributed by atoms with Crippen LogP contribution < -0.4 is 11.0 Å². The van der Waals surface area contributed by atoms with Crippen molar-refractivity contribution >= 4 is 19.9 Å². The lowest BCUT2D eigenvalue weighted by Crippen LogP contribution is -2.45. The van der Waals surface area contributed by atoms with E-state index >= 15 is 0 Å². The molecule has 0 fully saturated rings. The highest BCUT2D eigenvalue weighted by atomic mass is 16.6. The Labute approximate surface area is 128 Å². The Hall–Kier alpha value is -1.08. The normalized spacial score (nSPS) is 15.2. The number of carbonyl (C=O) groups excluding carboxylic acids is 2. The van der Waals surface area contributed by atoms with Crippen molar-refractivity contribution in [3.8, 4) is 0 Å². The molecule has 2 unspecified atom stereocenters. The van der Waals surface area contributed by atoms with E-state index in [1.54, 1.807) is 34.6 Å². The quantitative estimate of drug-likeness (QED) is 0.506. The fourth-order valence-electron chi connectivity index (χ4n) is 2.40. The van der Waals surface area contributed by atoms with Gasteiger partial charge in [0.2, 0.25) is 0 Å². The van der Waals surface area contributed by atoms with Gasteiger partial charge in [-0.1, -0.05) is 0 Å². The third-order valence-corrected chi connectivity index (χ3v) is 3.08. The van der Waals surface area contributed by atoms with Crippen LogP contribution in [0.3, 0.4) is 0 Å². The van der Waals surface area contributed by atoms with Crippen molar-refractivity contribution in [2.45, 2.75) is 65.1 Å². The average Bonchev–Trinajstić information content (AvgIpc) is 2.32. The van der Waals surface area contributed by atoms with Crippen molar-refractivity contribution in [2.24, 2.45) is 11.1 Å². The molecule has 0 bridgehead atoms. The largest absolute Gasteiger partial charge is 0.469 e. The van der Waals surface area contributed by atoms with Crippen LogP contribution in [0.1, 0.15) is 47.5 Å². The van der Waals surface area contributed by atoms with Gasteiger partial charge < -0.3 is 20.4 Å². The topological polar surface area (TPSA) is 90.6 Å². The molecule has 2 atom stereocenters. The van der Waals surface area contributed by atoms with Crippen molar-refractivity contribution in [1.29, 1.82) is 0 Å². The van der Waals surface area contributed by atoms with Crippen LogP contribution in [0.5, 0.6) is 0 Å². The molecule has 120 valence electrons. The number of ether oxygens (including phenoxy) is 2. The van der Waals surface area contributed by atoms with E-state index in [4.69, 9.17) is 23.2 Å². The molecule has 0 aliphatic carbocycles. The van der Waals surface area contributed by atoms with Crippen LogP contribution in [0.2, 0.25) is 0 Å². The molecule has 0 aromatic rings. The van der Waals surface area contributed by atoms with E-state index in [1.165, 1.54) is 7.11 Å². The molecule has 7 heteroatoms. The minimum atomic E-state index is -0.832. The summed E-state index contributed by atoms with van der Waals surface area (Å²) >= 11 is 0. The van der Waals surface area contributed by atoms with Crippen molar-refractivity contribution in [2.75, 3.05) is 7.11 Å². The predicted molar refractivity (Wildman–Crippen MR) is 81.5 cm³/mol. The minimum absolute atomic E-state index is 0.187. The van der Waals surface area contributed by atoms with E-state index in [1.807, 2.05) is 0 Å². The fraction of sp³-hybridized carbons (Fsp3) is 0.857. The first-order chi connectivity index (χ1) is 9.45. The molecule has 0 heterocycles. The first kappa shape index (κ1) is 19.9. The highest BCUT2D eigenvalue weighted by molar-refractivity contribution is 6.06. The Balaban J connectivity index is 4.79. The standard InChI is InChI=1S/C14H27BN2O4/c1-9(16)7-10(17-15)11(18)21-14(4,5)8-13(2,3)12(19)20-6/h9-10,17H,7-8,16H2,1-6H3.